The Labute approximate surface area is 165 Å². The standard InChI is InChI=1S/C22H27N3O3/c1-15(2)28-20-10-5-4-7-17(20)24-21(26)18-8-6-9-19(23-18)22(27)25-13-11-16(3)12-14-25/h4-10,15-16H,11-14H2,1-3H3,(H,24,26). The predicted octanol–water partition coefficient (Wildman–Crippen LogP) is 3.99. The first-order chi connectivity index (χ1) is 13.4. The van der Waals surface area contributed by atoms with Crippen molar-refractivity contribution in [2.45, 2.75) is 39.7 Å². The van der Waals surface area contributed by atoms with E-state index in [-0.39, 0.29) is 23.6 Å². The van der Waals surface area contributed by atoms with Gasteiger partial charge in [0.15, 0.2) is 0 Å². The van der Waals surface area contributed by atoms with E-state index in [1.807, 2.05) is 30.9 Å². The lowest BCUT2D eigenvalue weighted by atomic mass is 9.99. The van der Waals surface area contributed by atoms with Gasteiger partial charge in [0.1, 0.15) is 17.1 Å². The Morgan fingerprint density at radius 3 is 2.46 bits per heavy atom. The fourth-order valence-electron chi connectivity index (χ4n) is 3.17. The summed E-state index contributed by atoms with van der Waals surface area (Å²) in [5.41, 5.74) is 1.08. The molecule has 2 amide bonds. The quantitative estimate of drug-likeness (QED) is 0.850. The van der Waals surface area contributed by atoms with Crippen LogP contribution in [0.3, 0.4) is 0 Å². The number of pyridine rings is 1. The fraction of sp³-hybridized carbons (Fsp3) is 0.409. The highest BCUT2D eigenvalue weighted by atomic mass is 16.5. The van der Waals surface area contributed by atoms with Gasteiger partial charge in [-0.3, -0.25) is 9.59 Å². The first kappa shape index (κ1) is 19.9. The van der Waals surface area contributed by atoms with E-state index in [4.69, 9.17) is 4.74 Å². The molecule has 0 atom stereocenters. The molecule has 1 N–H and O–H groups in total. The minimum Gasteiger partial charge on any atom is -0.489 e. The average Bonchev–Trinajstić information content (AvgIpc) is 2.69. The first-order valence-electron chi connectivity index (χ1n) is 9.77. The van der Waals surface area contributed by atoms with E-state index in [1.54, 1.807) is 30.3 Å². The Morgan fingerprint density at radius 2 is 1.75 bits per heavy atom. The van der Waals surface area contributed by atoms with Crippen LogP contribution in [0, 0.1) is 5.92 Å². The number of nitrogens with one attached hydrogen (secondary N) is 1. The molecular weight excluding hydrogens is 354 g/mol. The molecule has 1 aromatic carbocycles. The Kier molecular flexibility index (Phi) is 6.29. The normalized spacial score (nSPS) is 14.8. The zero-order chi connectivity index (χ0) is 20.1. The van der Waals surface area contributed by atoms with Crippen LogP contribution in [-0.2, 0) is 0 Å². The zero-order valence-electron chi connectivity index (χ0n) is 16.6. The van der Waals surface area contributed by atoms with Gasteiger partial charge in [0, 0.05) is 13.1 Å². The number of piperidine rings is 1. The van der Waals surface area contributed by atoms with E-state index in [1.165, 1.54) is 0 Å². The molecule has 6 heteroatoms. The number of carbonyl (C=O) groups excluding carboxylic acids is 2. The number of anilines is 1. The van der Waals surface area contributed by atoms with Gasteiger partial charge < -0.3 is 15.0 Å². The second-order valence-electron chi connectivity index (χ2n) is 7.50. The van der Waals surface area contributed by atoms with Crippen LogP contribution in [-0.4, -0.2) is 40.9 Å². The van der Waals surface area contributed by atoms with Crippen LogP contribution in [0.4, 0.5) is 5.69 Å². The maximum Gasteiger partial charge on any atom is 0.274 e. The number of hydrogen-bond donors (Lipinski definition) is 1. The molecule has 0 radical (unpaired) electrons. The van der Waals surface area contributed by atoms with E-state index in [9.17, 15) is 9.59 Å². The first-order valence-corrected chi connectivity index (χ1v) is 9.77. The zero-order valence-corrected chi connectivity index (χ0v) is 16.6. The number of hydrogen-bond acceptors (Lipinski definition) is 4. The Balaban J connectivity index is 1.73. The number of ether oxygens (including phenoxy) is 1. The molecule has 0 saturated carbocycles. The summed E-state index contributed by atoms with van der Waals surface area (Å²) in [7, 11) is 0. The minimum absolute atomic E-state index is 0.00983. The molecule has 1 fully saturated rings. The summed E-state index contributed by atoms with van der Waals surface area (Å²) in [5.74, 6) is 0.745. The molecule has 1 aliphatic heterocycles. The molecule has 2 aromatic rings. The molecular formula is C22H27N3O3. The maximum absolute atomic E-state index is 12.7. The van der Waals surface area contributed by atoms with Gasteiger partial charge in [-0.2, -0.15) is 0 Å². The monoisotopic (exact) mass is 381 g/mol. The van der Waals surface area contributed by atoms with Crippen molar-refractivity contribution in [1.29, 1.82) is 0 Å². The van der Waals surface area contributed by atoms with Crippen molar-refractivity contribution < 1.29 is 14.3 Å². The fourth-order valence-corrected chi connectivity index (χ4v) is 3.17. The van der Waals surface area contributed by atoms with Gasteiger partial charge in [0.2, 0.25) is 0 Å². The van der Waals surface area contributed by atoms with Crippen LogP contribution < -0.4 is 10.1 Å². The summed E-state index contributed by atoms with van der Waals surface area (Å²) < 4.78 is 5.74. The molecule has 0 spiro atoms. The number of carbonyl (C=O) groups is 2. The molecule has 28 heavy (non-hydrogen) atoms. The van der Waals surface area contributed by atoms with E-state index in [0.717, 1.165) is 25.9 Å². The molecule has 148 valence electrons. The van der Waals surface area contributed by atoms with E-state index in [2.05, 4.69) is 17.2 Å². The van der Waals surface area contributed by atoms with Crippen LogP contribution >= 0.6 is 0 Å². The molecule has 2 heterocycles. The molecule has 1 aliphatic rings. The summed E-state index contributed by atoms with van der Waals surface area (Å²) in [6.07, 6.45) is 1.99. The number of likely N-dealkylation sites (tertiary alicyclic amines) is 1. The third-order valence-corrected chi connectivity index (χ3v) is 4.77. The van der Waals surface area contributed by atoms with Gasteiger partial charge >= 0.3 is 0 Å². The second kappa shape index (κ2) is 8.87. The SMILES string of the molecule is CC1CCN(C(=O)c2cccc(C(=O)Nc3ccccc3OC(C)C)n2)CC1. The third kappa shape index (κ3) is 4.88. The van der Waals surface area contributed by atoms with Crippen LogP contribution in [0.2, 0.25) is 0 Å². The van der Waals surface area contributed by atoms with Crippen molar-refractivity contribution in [3.05, 3.63) is 53.9 Å². The highest BCUT2D eigenvalue weighted by Gasteiger charge is 2.23. The maximum atomic E-state index is 12.7. The number of rotatable bonds is 5. The summed E-state index contributed by atoms with van der Waals surface area (Å²) in [6.45, 7) is 7.52. The number of amides is 2. The van der Waals surface area contributed by atoms with Gasteiger partial charge in [-0.1, -0.05) is 25.1 Å². The highest BCUT2D eigenvalue weighted by Crippen LogP contribution is 2.25. The van der Waals surface area contributed by atoms with Crippen LogP contribution in [0.15, 0.2) is 42.5 Å². The van der Waals surface area contributed by atoms with Gasteiger partial charge in [-0.05, 0) is 56.9 Å². The summed E-state index contributed by atoms with van der Waals surface area (Å²) in [4.78, 5) is 31.5. The topological polar surface area (TPSA) is 71.5 Å². The van der Waals surface area contributed by atoms with Crippen LogP contribution in [0.5, 0.6) is 5.75 Å². The van der Waals surface area contributed by atoms with Crippen molar-refractivity contribution in [1.82, 2.24) is 9.88 Å². The third-order valence-electron chi connectivity index (χ3n) is 4.77. The minimum atomic E-state index is -0.373. The molecule has 3 rings (SSSR count). The molecule has 0 bridgehead atoms. The lowest BCUT2D eigenvalue weighted by molar-refractivity contribution is 0.0691. The number of nitrogens with zero attached hydrogens (tertiary/aromatic N) is 2. The highest BCUT2D eigenvalue weighted by molar-refractivity contribution is 6.04. The van der Waals surface area contributed by atoms with Gasteiger partial charge in [0.05, 0.1) is 11.8 Å². The van der Waals surface area contributed by atoms with Crippen LogP contribution in [0.1, 0.15) is 54.6 Å². The van der Waals surface area contributed by atoms with Gasteiger partial charge in [0.25, 0.3) is 11.8 Å². The molecule has 0 unspecified atom stereocenters. The second-order valence-corrected chi connectivity index (χ2v) is 7.50. The smallest absolute Gasteiger partial charge is 0.274 e. The van der Waals surface area contributed by atoms with Gasteiger partial charge in [-0.25, -0.2) is 4.98 Å². The lowest BCUT2D eigenvalue weighted by Gasteiger charge is -2.30. The molecule has 6 nitrogen and oxygen atoms in total. The Morgan fingerprint density at radius 1 is 1.07 bits per heavy atom. The van der Waals surface area contributed by atoms with Gasteiger partial charge in [-0.15, -0.1) is 0 Å². The largest absolute Gasteiger partial charge is 0.489 e. The predicted molar refractivity (Wildman–Crippen MR) is 109 cm³/mol. The Bertz CT molecular complexity index is 842. The summed E-state index contributed by atoms with van der Waals surface area (Å²) >= 11 is 0. The van der Waals surface area contributed by atoms with Crippen molar-refractivity contribution in [3.63, 3.8) is 0 Å². The molecule has 0 aliphatic carbocycles. The van der Waals surface area contributed by atoms with Crippen LogP contribution in [0.25, 0.3) is 0 Å². The number of aromatic nitrogens is 1. The van der Waals surface area contributed by atoms with E-state index in [0.29, 0.717) is 23.0 Å². The summed E-state index contributed by atoms with van der Waals surface area (Å²) in [6, 6.07) is 12.2. The van der Waals surface area contributed by atoms with E-state index < -0.39 is 0 Å². The number of para-hydroxylation sites is 2. The summed E-state index contributed by atoms with van der Waals surface area (Å²) in [5, 5.41) is 2.83. The lowest BCUT2D eigenvalue weighted by Crippen LogP contribution is -2.38. The molecule has 1 saturated heterocycles. The van der Waals surface area contributed by atoms with Crippen molar-refractivity contribution in [2.24, 2.45) is 5.92 Å². The Hall–Kier alpha value is -2.89. The van der Waals surface area contributed by atoms with Crippen molar-refractivity contribution in [3.8, 4) is 5.75 Å². The van der Waals surface area contributed by atoms with Crippen molar-refractivity contribution in [2.75, 3.05) is 18.4 Å². The van der Waals surface area contributed by atoms with E-state index >= 15 is 0 Å². The average molecular weight is 381 g/mol. The molecule has 1 aromatic heterocycles. The number of benzene rings is 1. The van der Waals surface area contributed by atoms with Crippen molar-refractivity contribution >= 4 is 17.5 Å².